The monoisotopic (exact) mass is 281 g/mol. The van der Waals surface area contributed by atoms with Crippen LogP contribution >= 0.6 is 12.2 Å². The highest BCUT2D eigenvalue weighted by atomic mass is 32.2. The summed E-state index contributed by atoms with van der Waals surface area (Å²) in [7, 11) is 0.403. The summed E-state index contributed by atoms with van der Waals surface area (Å²) >= 11 is 4.77. The lowest BCUT2D eigenvalue weighted by Gasteiger charge is -2.26. The van der Waals surface area contributed by atoms with E-state index in [9.17, 15) is 8.42 Å². The number of hydrogen-bond acceptors (Lipinski definition) is 4. The van der Waals surface area contributed by atoms with Gasteiger partial charge in [0.25, 0.3) is 0 Å². The van der Waals surface area contributed by atoms with E-state index in [1.165, 1.54) is 11.2 Å². The molecule has 0 aromatic heterocycles. The van der Waals surface area contributed by atoms with Crippen molar-refractivity contribution in [1.82, 2.24) is 9.21 Å². The minimum atomic E-state index is -3.42. The molecule has 0 radical (unpaired) electrons. The van der Waals surface area contributed by atoms with E-state index in [1.807, 2.05) is 25.9 Å². The minimum absolute atomic E-state index is 0.0240. The van der Waals surface area contributed by atoms with Gasteiger partial charge in [-0.2, -0.15) is 0 Å². The topological polar surface area (TPSA) is 66.6 Å². The molecule has 5 nitrogen and oxygen atoms in total. The lowest BCUT2D eigenvalue weighted by Crippen LogP contribution is -2.45. The van der Waals surface area contributed by atoms with Crippen molar-refractivity contribution in [3.8, 4) is 0 Å². The molecule has 0 fully saturated rings. The molecule has 0 aromatic carbocycles. The quantitative estimate of drug-likeness (QED) is 0.647. The Balaban J connectivity index is 4.84. The third-order valence-electron chi connectivity index (χ3n) is 2.48. The van der Waals surface area contributed by atoms with Crippen LogP contribution in [0.4, 0.5) is 0 Å². The van der Waals surface area contributed by atoms with Gasteiger partial charge in [0.1, 0.15) is 5.25 Å². The van der Waals surface area contributed by atoms with Gasteiger partial charge in [-0.1, -0.05) is 19.1 Å². The van der Waals surface area contributed by atoms with Gasteiger partial charge in [0.15, 0.2) is 0 Å². The van der Waals surface area contributed by atoms with Crippen LogP contribution in [0.2, 0.25) is 0 Å². The highest BCUT2D eigenvalue weighted by Crippen LogP contribution is 2.10. The Labute approximate surface area is 110 Å². The van der Waals surface area contributed by atoms with Crippen molar-refractivity contribution in [1.29, 1.82) is 0 Å². The van der Waals surface area contributed by atoms with E-state index in [-0.39, 0.29) is 4.99 Å². The van der Waals surface area contributed by atoms with Crippen LogP contribution < -0.4 is 5.73 Å². The van der Waals surface area contributed by atoms with Gasteiger partial charge in [-0.3, -0.25) is 0 Å². The molecule has 0 aliphatic carbocycles. The molecule has 0 amide bonds. The summed E-state index contributed by atoms with van der Waals surface area (Å²) in [6, 6.07) is 0. The summed E-state index contributed by atoms with van der Waals surface area (Å²) in [5, 5.41) is -0.800. The van der Waals surface area contributed by atoms with Crippen LogP contribution in [0.15, 0.2) is 0 Å². The molecule has 0 saturated heterocycles. The Morgan fingerprint density at radius 2 is 1.82 bits per heavy atom. The molecule has 0 aliphatic heterocycles. The molecule has 0 rings (SSSR count). The fourth-order valence-corrected chi connectivity index (χ4v) is 3.18. The number of sulfonamides is 1. The van der Waals surface area contributed by atoms with E-state index < -0.39 is 15.3 Å². The van der Waals surface area contributed by atoms with Crippen LogP contribution in [0, 0.1) is 0 Å². The fourth-order valence-electron chi connectivity index (χ4n) is 1.30. The second kappa shape index (κ2) is 7.25. The number of nitrogens with two attached hydrogens (primary N) is 1. The largest absolute Gasteiger partial charge is 0.392 e. The fraction of sp³-hybridized carbons (Fsp3) is 0.900. The first-order valence-electron chi connectivity index (χ1n) is 5.66. The summed E-state index contributed by atoms with van der Waals surface area (Å²) < 4.78 is 25.9. The summed E-state index contributed by atoms with van der Waals surface area (Å²) in [5.74, 6) is 0. The van der Waals surface area contributed by atoms with Crippen molar-refractivity contribution in [2.75, 3.05) is 33.7 Å². The number of nitrogens with zero attached hydrogens (tertiary/aromatic N) is 2. The van der Waals surface area contributed by atoms with Gasteiger partial charge in [0, 0.05) is 19.6 Å². The summed E-state index contributed by atoms with van der Waals surface area (Å²) in [4.78, 5) is 1.97. The molecular weight excluding hydrogens is 258 g/mol. The standard InChI is InChI=1S/C10H23N3O2S2/c1-5-6-13(8-7-12(3)4)17(14,15)9(2)10(11)16/h9H,5-8H2,1-4H3,(H2,11,16). The zero-order chi connectivity index (χ0) is 13.6. The minimum Gasteiger partial charge on any atom is -0.392 e. The molecular formula is C10H23N3O2S2. The van der Waals surface area contributed by atoms with Gasteiger partial charge in [-0.15, -0.1) is 0 Å². The second-order valence-electron chi connectivity index (χ2n) is 4.29. The molecule has 0 heterocycles. The first kappa shape index (κ1) is 16.8. The van der Waals surface area contributed by atoms with Gasteiger partial charge in [0.05, 0.1) is 4.99 Å². The molecule has 2 N–H and O–H groups in total. The van der Waals surface area contributed by atoms with E-state index in [0.717, 1.165) is 6.42 Å². The third-order valence-corrected chi connectivity index (χ3v) is 5.21. The van der Waals surface area contributed by atoms with Crippen molar-refractivity contribution in [2.45, 2.75) is 25.5 Å². The molecule has 0 bridgehead atoms. The summed E-state index contributed by atoms with van der Waals surface area (Å²) in [5.41, 5.74) is 5.43. The first-order chi connectivity index (χ1) is 7.73. The van der Waals surface area contributed by atoms with Gasteiger partial charge in [-0.05, 0) is 27.4 Å². The van der Waals surface area contributed by atoms with Crippen LogP contribution in [0.25, 0.3) is 0 Å². The number of likely N-dealkylation sites (N-methyl/N-ethyl adjacent to an activating group) is 1. The van der Waals surface area contributed by atoms with E-state index in [2.05, 4.69) is 0 Å². The van der Waals surface area contributed by atoms with Gasteiger partial charge in [0.2, 0.25) is 10.0 Å². The van der Waals surface area contributed by atoms with Crippen LogP contribution in [0.3, 0.4) is 0 Å². The van der Waals surface area contributed by atoms with E-state index >= 15 is 0 Å². The Kier molecular flexibility index (Phi) is 7.15. The van der Waals surface area contributed by atoms with Crippen LogP contribution in [0.1, 0.15) is 20.3 Å². The maximum Gasteiger partial charge on any atom is 0.223 e. The maximum absolute atomic E-state index is 12.2. The molecule has 102 valence electrons. The maximum atomic E-state index is 12.2. The molecule has 0 aromatic rings. The molecule has 0 spiro atoms. The SMILES string of the molecule is CCCN(CCN(C)C)S(=O)(=O)C(C)C(N)=S. The Morgan fingerprint density at radius 3 is 2.18 bits per heavy atom. The van der Waals surface area contributed by atoms with Crippen LogP contribution in [-0.2, 0) is 10.0 Å². The lowest BCUT2D eigenvalue weighted by atomic mass is 10.4. The number of hydrogen-bond donors (Lipinski definition) is 1. The van der Waals surface area contributed by atoms with Crippen molar-refractivity contribution in [2.24, 2.45) is 5.73 Å². The van der Waals surface area contributed by atoms with E-state index in [1.54, 1.807) is 0 Å². The molecule has 0 saturated carbocycles. The van der Waals surface area contributed by atoms with Gasteiger partial charge >= 0.3 is 0 Å². The van der Waals surface area contributed by atoms with Gasteiger partial charge < -0.3 is 10.6 Å². The average Bonchev–Trinajstić information content (AvgIpc) is 2.22. The highest BCUT2D eigenvalue weighted by molar-refractivity contribution is 7.92. The van der Waals surface area contributed by atoms with Crippen molar-refractivity contribution in [3.63, 3.8) is 0 Å². The summed E-state index contributed by atoms with van der Waals surface area (Å²) in [6.45, 7) is 5.14. The first-order valence-corrected chi connectivity index (χ1v) is 7.57. The molecule has 7 heteroatoms. The predicted molar refractivity (Wildman–Crippen MR) is 75.6 cm³/mol. The predicted octanol–water partition coefficient (Wildman–Crippen LogP) is 0.264. The Morgan fingerprint density at radius 1 is 1.29 bits per heavy atom. The zero-order valence-electron chi connectivity index (χ0n) is 11.0. The van der Waals surface area contributed by atoms with Crippen molar-refractivity contribution < 1.29 is 8.42 Å². The Hall–Kier alpha value is -0.240. The van der Waals surface area contributed by atoms with Crippen molar-refractivity contribution in [3.05, 3.63) is 0 Å². The normalized spacial score (nSPS) is 14.2. The average molecular weight is 281 g/mol. The number of thiocarbonyl (C=S) groups is 1. The summed E-state index contributed by atoms with van der Waals surface area (Å²) in [6.07, 6.45) is 0.775. The molecule has 17 heavy (non-hydrogen) atoms. The lowest BCUT2D eigenvalue weighted by molar-refractivity contribution is 0.332. The molecule has 1 atom stereocenters. The van der Waals surface area contributed by atoms with Crippen LogP contribution in [-0.4, -0.2) is 61.6 Å². The zero-order valence-corrected chi connectivity index (χ0v) is 12.6. The van der Waals surface area contributed by atoms with E-state index in [4.69, 9.17) is 18.0 Å². The van der Waals surface area contributed by atoms with Crippen LogP contribution in [0.5, 0.6) is 0 Å². The molecule has 1 unspecified atom stereocenters. The smallest absolute Gasteiger partial charge is 0.223 e. The van der Waals surface area contributed by atoms with E-state index in [0.29, 0.717) is 19.6 Å². The third kappa shape index (κ3) is 5.29. The highest BCUT2D eigenvalue weighted by Gasteiger charge is 2.29. The van der Waals surface area contributed by atoms with Gasteiger partial charge in [-0.25, -0.2) is 12.7 Å². The number of rotatable bonds is 8. The Bertz CT molecular complexity index is 341. The molecule has 0 aliphatic rings. The second-order valence-corrected chi connectivity index (χ2v) is 7.02. The van der Waals surface area contributed by atoms with Crippen molar-refractivity contribution >= 4 is 27.2 Å².